The topological polar surface area (TPSA) is 73.8 Å². The predicted octanol–water partition coefficient (Wildman–Crippen LogP) is 5.49. The van der Waals surface area contributed by atoms with Crippen LogP contribution in [0.25, 0.3) is 0 Å². The third-order valence-electron chi connectivity index (χ3n) is 14.6. The lowest BCUT2D eigenvalue weighted by atomic mass is 9.43. The summed E-state index contributed by atoms with van der Waals surface area (Å²) in [6.45, 7) is 10.9. The number of methoxy groups -OCH3 is 2. The second-order valence-electron chi connectivity index (χ2n) is 16.2. The van der Waals surface area contributed by atoms with Gasteiger partial charge in [0, 0.05) is 10.8 Å². The molecule has 0 unspecified atom stereocenters. The fourth-order valence-corrected chi connectivity index (χ4v) is 12.4. The number of rotatable bonds is 7. The lowest BCUT2D eigenvalue weighted by Gasteiger charge is -2.64. The van der Waals surface area contributed by atoms with Gasteiger partial charge in [0.2, 0.25) is 0 Å². The van der Waals surface area contributed by atoms with Crippen LogP contribution in [-0.4, -0.2) is 63.4 Å². The Morgan fingerprint density at radius 3 is 2.30 bits per heavy atom. The van der Waals surface area contributed by atoms with E-state index in [9.17, 15) is 5.11 Å². The molecule has 6 heteroatoms. The van der Waals surface area contributed by atoms with Gasteiger partial charge in [-0.15, -0.1) is 0 Å². The normalized spacial score (nSPS) is 45.0. The Labute approximate surface area is 260 Å². The summed E-state index contributed by atoms with van der Waals surface area (Å²) in [7, 11) is 3.43. The lowest BCUT2D eigenvalue weighted by molar-refractivity contribution is -0.677. The van der Waals surface area contributed by atoms with E-state index in [2.05, 4.69) is 44.3 Å². The van der Waals surface area contributed by atoms with E-state index in [0.29, 0.717) is 23.2 Å². The van der Waals surface area contributed by atoms with Crippen molar-refractivity contribution < 1.29 is 29.4 Å². The molecule has 1 aliphatic heterocycles. The average molecular weight is 597 g/mol. The van der Waals surface area contributed by atoms with Crippen molar-refractivity contribution >= 4 is 0 Å². The van der Waals surface area contributed by atoms with Gasteiger partial charge < -0.3 is 29.4 Å². The van der Waals surface area contributed by atoms with Crippen molar-refractivity contribution in [1.82, 2.24) is 0 Å². The molecule has 0 aromatic heterocycles. The van der Waals surface area contributed by atoms with Crippen LogP contribution in [-0.2, 0) is 14.9 Å². The van der Waals surface area contributed by atoms with Crippen LogP contribution in [0.5, 0.6) is 11.5 Å². The molecule has 240 valence electrons. The monoisotopic (exact) mass is 596 g/mol. The zero-order valence-electron chi connectivity index (χ0n) is 27.5. The summed E-state index contributed by atoms with van der Waals surface area (Å²) in [6, 6.07) is 6.52. The van der Waals surface area contributed by atoms with Gasteiger partial charge in [-0.2, -0.15) is 0 Å². The van der Waals surface area contributed by atoms with Crippen molar-refractivity contribution in [2.75, 3.05) is 40.5 Å². The average Bonchev–Trinajstić information content (AvgIpc) is 3.59. The standard InChI is InChI=1S/C37H57NO5/c1-24-21-34(2)27-12-16-35(3)28(26(27)9-10-29(34)33-32(24)42-18-19-43-33)13-17-37(35,39)23-38-22-36(14-6-7-15-36)25-8-11-30(40-4)31(20-25)41-5/h8,11,20,24,26-29,32-33,38-39H,6-7,9-10,12-19,21-23H2,1-5H3/p+1/t24-,26-,27+,28+,29-,32-,33-,34-,35+,37-/m0/s1. The first-order valence-corrected chi connectivity index (χ1v) is 17.7. The Morgan fingerprint density at radius 2 is 1.56 bits per heavy atom. The maximum absolute atomic E-state index is 12.5. The molecule has 6 aliphatic rings. The second-order valence-corrected chi connectivity index (χ2v) is 16.2. The Morgan fingerprint density at radius 1 is 0.837 bits per heavy atom. The van der Waals surface area contributed by atoms with Gasteiger partial charge in [0.05, 0.1) is 46.2 Å². The van der Waals surface area contributed by atoms with E-state index in [-0.39, 0.29) is 23.0 Å². The molecule has 3 N–H and O–H groups in total. The van der Waals surface area contributed by atoms with Crippen LogP contribution < -0.4 is 14.8 Å². The molecular weight excluding hydrogens is 538 g/mol. The van der Waals surface area contributed by atoms with Crippen molar-refractivity contribution in [3.63, 3.8) is 0 Å². The summed E-state index contributed by atoms with van der Waals surface area (Å²) in [4.78, 5) is 0. The lowest BCUT2D eigenvalue weighted by Crippen LogP contribution is -2.91. The van der Waals surface area contributed by atoms with Gasteiger partial charge in [-0.25, -0.2) is 0 Å². The van der Waals surface area contributed by atoms with Gasteiger partial charge in [0.15, 0.2) is 11.5 Å². The van der Waals surface area contributed by atoms with E-state index in [0.717, 1.165) is 62.5 Å². The van der Waals surface area contributed by atoms with E-state index in [1.165, 1.54) is 63.4 Å². The smallest absolute Gasteiger partial charge is 0.161 e. The van der Waals surface area contributed by atoms with Crippen molar-refractivity contribution in [3.05, 3.63) is 23.8 Å². The third-order valence-corrected chi connectivity index (χ3v) is 14.6. The fraction of sp³-hybridized carbons (Fsp3) is 0.838. The minimum absolute atomic E-state index is 0.00725. The molecule has 1 aromatic carbocycles. The molecule has 6 nitrogen and oxygen atoms in total. The first-order chi connectivity index (χ1) is 20.7. The fourth-order valence-electron chi connectivity index (χ4n) is 12.4. The van der Waals surface area contributed by atoms with Crippen LogP contribution in [0.1, 0.15) is 97.0 Å². The van der Waals surface area contributed by atoms with Gasteiger partial charge in [-0.3, -0.25) is 0 Å². The minimum Gasteiger partial charge on any atom is -0.493 e. The molecule has 1 heterocycles. The van der Waals surface area contributed by atoms with Crippen molar-refractivity contribution in [3.8, 4) is 11.5 Å². The molecular formula is C37H58NO5+. The zero-order chi connectivity index (χ0) is 30.0. The molecule has 10 atom stereocenters. The maximum atomic E-state index is 12.5. The Bertz CT molecular complexity index is 1170. The summed E-state index contributed by atoms with van der Waals surface area (Å²) in [6.07, 6.45) is 13.9. The van der Waals surface area contributed by atoms with Crippen LogP contribution >= 0.6 is 0 Å². The van der Waals surface area contributed by atoms with E-state index in [1.807, 2.05) is 0 Å². The highest BCUT2D eigenvalue weighted by molar-refractivity contribution is 5.45. The summed E-state index contributed by atoms with van der Waals surface area (Å²) >= 11 is 0. The minimum atomic E-state index is -0.594. The number of hydrogen-bond donors (Lipinski definition) is 2. The maximum Gasteiger partial charge on any atom is 0.161 e. The summed E-state index contributed by atoms with van der Waals surface area (Å²) in [5.41, 5.74) is 1.24. The van der Waals surface area contributed by atoms with Gasteiger partial charge in [0.1, 0.15) is 12.1 Å². The number of hydrogen-bond acceptors (Lipinski definition) is 5. The van der Waals surface area contributed by atoms with Crippen molar-refractivity contribution in [2.45, 2.75) is 115 Å². The van der Waals surface area contributed by atoms with Crippen LogP contribution in [0, 0.1) is 40.4 Å². The van der Waals surface area contributed by atoms with E-state index < -0.39 is 5.60 Å². The number of quaternary nitrogens is 1. The summed E-state index contributed by atoms with van der Waals surface area (Å²) < 4.78 is 24.0. The van der Waals surface area contributed by atoms with Crippen LogP contribution in [0.15, 0.2) is 18.2 Å². The summed E-state index contributed by atoms with van der Waals surface area (Å²) in [5.74, 6) is 4.90. The molecule has 0 bridgehead atoms. The number of nitrogens with two attached hydrogens (primary N) is 1. The highest BCUT2D eigenvalue weighted by Gasteiger charge is 2.67. The van der Waals surface area contributed by atoms with E-state index >= 15 is 0 Å². The van der Waals surface area contributed by atoms with Crippen LogP contribution in [0.4, 0.5) is 0 Å². The molecule has 7 rings (SSSR count). The van der Waals surface area contributed by atoms with Crippen LogP contribution in [0.3, 0.4) is 0 Å². The molecule has 6 fully saturated rings. The molecule has 1 aromatic rings. The van der Waals surface area contributed by atoms with Crippen molar-refractivity contribution in [2.24, 2.45) is 40.4 Å². The third kappa shape index (κ3) is 4.62. The number of fused-ring (bicyclic) bond motifs is 7. The molecule has 43 heavy (non-hydrogen) atoms. The highest BCUT2D eigenvalue weighted by Crippen LogP contribution is 2.69. The van der Waals surface area contributed by atoms with Gasteiger partial charge in [-0.05, 0) is 110 Å². The number of ether oxygens (including phenoxy) is 4. The Hall–Kier alpha value is -1.34. The molecule has 0 amide bonds. The molecule has 1 saturated heterocycles. The summed E-state index contributed by atoms with van der Waals surface area (Å²) in [5, 5.41) is 15.0. The number of aliphatic hydroxyl groups is 1. The van der Waals surface area contributed by atoms with E-state index in [1.54, 1.807) is 14.2 Å². The predicted molar refractivity (Wildman–Crippen MR) is 167 cm³/mol. The SMILES string of the molecule is COc1ccc(C2(C[NH2+]C[C@@]3(O)CC[C@@H]4[C@H]5CC[C@H]6[C@@H]7OCCO[C@H]7[C@@H](C)C[C@@]6(C)[C@@H]5CC[C@]43C)CCCC2)cc1OC. The quantitative estimate of drug-likeness (QED) is 0.436. The van der Waals surface area contributed by atoms with Gasteiger partial charge in [0.25, 0.3) is 0 Å². The largest absolute Gasteiger partial charge is 0.493 e. The first-order valence-electron chi connectivity index (χ1n) is 17.7. The molecule has 0 radical (unpaired) electrons. The van der Waals surface area contributed by atoms with Gasteiger partial charge >= 0.3 is 0 Å². The molecule has 0 spiro atoms. The van der Waals surface area contributed by atoms with Gasteiger partial charge in [-0.1, -0.05) is 39.7 Å². The number of benzene rings is 1. The molecule has 5 aliphatic carbocycles. The Balaban J connectivity index is 1.06. The van der Waals surface area contributed by atoms with E-state index in [4.69, 9.17) is 18.9 Å². The van der Waals surface area contributed by atoms with Crippen molar-refractivity contribution in [1.29, 1.82) is 0 Å². The second kappa shape index (κ2) is 11.2. The zero-order valence-corrected chi connectivity index (χ0v) is 27.5. The highest BCUT2D eigenvalue weighted by atomic mass is 16.6. The Kier molecular flexibility index (Phi) is 7.88. The molecule has 5 saturated carbocycles. The van der Waals surface area contributed by atoms with Crippen LogP contribution in [0.2, 0.25) is 0 Å². The first kappa shape index (κ1) is 30.3.